The largest absolute Gasteiger partial charge is 0.507 e. The molecule has 0 saturated carbocycles. The standard InChI is InChI=1S/C27H25FN2O4/c1-17(2)16-34-21-7-5-6-19(14-21)25(31)23-24(22-8-3-4-13-29-22)30(27(33)26(23)32)15-18-9-11-20(28)12-10-18/h3-14,17,24,31H,15-16H2,1-2H3/b25-23-. The fourth-order valence-corrected chi connectivity index (χ4v) is 3.83. The molecule has 1 saturated heterocycles. The molecule has 174 valence electrons. The lowest BCUT2D eigenvalue weighted by atomic mass is 9.98. The second-order valence-electron chi connectivity index (χ2n) is 8.54. The molecule has 4 rings (SSSR count). The van der Waals surface area contributed by atoms with E-state index in [1.54, 1.807) is 60.8 Å². The first-order valence-corrected chi connectivity index (χ1v) is 11.0. The van der Waals surface area contributed by atoms with Crippen molar-refractivity contribution in [2.24, 2.45) is 5.92 Å². The van der Waals surface area contributed by atoms with Crippen LogP contribution in [-0.4, -0.2) is 33.3 Å². The Morgan fingerprint density at radius 2 is 1.85 bits per heavy atom. The van der Waals surface area contributed by atoms with Gasteiger partial charge in [-0.25, -0.2) is 4.39 Å². The Morgan fingerprint density at radius 3 is 2.53 bits per heavy atom. The first-order valence-electron chi connectivity index (χ1n) is 11.0. The fraction of sp³-hybridized carbons (Fsp3) is 0.222. The van der Waals surface area contributed by atoms with E-state index in [9.17, 15) is 19.1 Å². The molecule has 1 aliphatic rings. The lowest BCUT2D eigenvalue weighted by Gasteiger charge is -2.24. The molecule has 3 aromatic rings. The van der Waals surface area contributed by atoms with Crippen molar-refractivity contribution in [1.29, 1.82) is 0 Å². The normalized spacial score (nSPS) is 17.4. The summed E-state index contributed by atoms with van der Waals surface area (Å²) < 4.78 is 19.1. The van der Waals surface area contributed by atoms with E-state index in [4.69, 9.17) is 4.74 Å². The Kier molecular flexibility index (Phi) is 6.72. The Balaban J connectivity index is 1.77. The maximum atomic E-state index is 13.4. The molecule has 1 aromatic heterocycles. The highest BCUT2D eigenvalue weighted by molar-refractivity contribution is 6.46. The zero-order valence-corrected chi connectivity index (χ0v) is 18.9. The van der Waals surface area contributed by atoms with E-state index < -0.39 is 23.5 Å². The molecule has 34 heavy (non-hydrogen) atoms. The molecule has 7 heteroatoms. The highest BCUT2D eigenvalue weighted by atomic mass is 19.1. The summed E-state index contributed by atoms with van der Waals surface area (Å²) >= 11 is 0. The van der Waals surface area contributed by atoms with Crippen molar-refractivity contribution in [3.05, 3.63) is 101 Å². The number of hydrogen-bond donors (Lipinski definition) is 1. The fourth-order valence-electron chi connectivity index (χ4n) is 3.83. The van der Waals surface area contributed by atoms with Gasteiger partial charge in [0.05, 0.1) is 17.9 Å². The van der Waals surface area contributed by atoms with Crippen molar-refractivity contribution >= 4 is 17.4 Å². The Labute approximate surface area is 197 Å². The summed E-state index contributed by atoms with van der Waals surface area (Å²) in [6.07, 6.45) is 1.56. The van der Waals surface area contributed by atoms with Crippen LogP contribution < -0.4 is 4.74 Å². The van der Waals surface area contributed by atoms with Crippen molar-refractivity contribution in [2.45, 2.75) is 26.4 Å². The first kappa shape index (κ1) is 23.2. The molecule has 1 aliphatic heterocycles. The van der Waals surface area contributed by atoms with Gasteiger partial charge in [-0.15, -0.1) is 0 Å². The van der Waals surface area contributed by atoms with E-state index in [1.165, 1.54) is 17.0 Å². The summed E-state index contributed by atoms with van der Waals surface area (Å²) in [7, 11) is 0. The van der Waals surface area contributed by atoms with Crippen LogP contribution in [0.5, 0.6) is 5.75 Å². The average molecular weight is 461 g/mol. The molecule has 1 unspecified atom stereocenters. The van der Waals surface area contributed by atoms with Gasteiger partial charge < -0.3 is 14.7 Å². The van der Waals surface area contributed by atoms with Crippen LogP contribution in [-0.2, 0) is 16.1 Å². The number of aliphatic hydroxyl groups excluding tert-OH is 1. The van der Waals surface area contributed by atoms with E-state index in [-0.39, 0.29) is 17.9 Å². The number of aliphatic hydroxyl groups is 1. The number of halogens is 1. The number of benzene rings is 2. The molecule has 0 spiro atoms. The van der Waals surface area contributed by atoms with Crippen molar-refractivity contribution in [1.82, 2.24) is 9.88 Å². The SMILES string of the molecule is CC(C)COc1cccc(/C(O)=C2/C(=O)C(=O)N(Cc3ccc(F)cc3)C2c2ccccn2)c1. The predicted molar refractivity (Wildman–Crippen MR) is 125 cm³/mol. The van der Waals surface area contributed by atoms with Crippen molar-refractivity contribution in [3.63, 3.8) is 0 Å². The number of aromatic nitrogens is 1. The van der Waals surface area contributed by atoms with Gasteiger partial charge in [0.2, 0.25) is 0 Å². The molecule has 2 aromatic carbocycles. The van der Waals surface area contributed by atoms with E-state index in [0.717, 1.165) is 0 Å². The third-order valence-electron chi connectivity index (χ3n) is 5.46. The van der Waals surface area contributed by atoms with E-state index in [1.807, 2.05) is 13.8 Å². The van der Waals surface area contributed by atoms with Gasteiger partial charge in [0, 0.05) is 18.3 Å². The second kappa shape index (κ2) is 9.87. The summed E-state index contributed by atoms with van der Waals surface area (Å²) in [5.74, 6) is -1.39. The highest BCUT2D eigenvalue weighted by Crippen LogP contribution is 2.39. The number of hydrogen-bond acceptors (Lipinski definition) is 5. The highest BCUT2D eigenvalue weighted by Gasteiger charge is 2.46. The predicted octanol–water partition coefficient (Wildman–Crippen LogP) is 4.88. The van der Waals surface area contributed by atoms with Gasteiger partial charge in [-0.05, 0) is 47.9 Å². The third-order valence-corrected chi connectivity index (χ3v) is 5.46. The summed E-state index contributed by atoms with van der Waals surface area (Å²) in [6, 6.07) is 16.8. The number of likely N-dealkylation sites (tertiary alicyclic amines) is 1. The number of carbonyl (C=O) groups excluding carboxylic acids is 2. The van der Waals surface area contributed by atoms with E-state index in [0.29, 0.717) is 35.1 Å². The molecular weight excluding hydrogens is 435 g/mol. The van der Waals surface area contributed by atoms with Crippen LogP contribution in [0.25, 0.3) is 5.76 Å². The molecule has 2 heterocycles. The quantitative estimate of drug-likeness (QED) is 0.309. The molecule has 0 aliphatic carbocycles. The number of ether oxygens (including phenoxy) is 1. The summed E-state index contributed by atoms with van der Waals surface area (Å²) in [5, 5.41) is 11.2. The zero-order valence-electron chi connectivity index (χ0n) is 18.9. The monoisotopic (exact) mass is 460 g/mol. The minimum absolute atomic E-state index is 0.0492. The maximum Gasteiger partial charge on any atom is 0.296 e. The van der Waals surface area contributed by atoms with Gasteiger partial charge in [-0.1, -0.05) is 44.2 Å². The van der Waals surface area contributed by atoms with Crippen LogP contribution in [0, 0.1) is 11.7 Å². The molecule has 1 amide bonds. The summed E-state index contributed by atoms with van der Waals surface area (Å²) in [4.78, 5) is 31.9. The van der Waals surface area contributed by atoms with Gasteiger partial charge in [-0.2, -0.15) is 0 Å². The Hall–Kier alpha value is -4.00. The van der Waals surface area contributed by atoms with Crippen LogP contribution in [0.15, 0.2) is 78.5 Å². The smallest absolute Gasteiger partial charge is 0.296 e. The van der Waals surface area contributed by atoms with Crippen LogP contribution in [0.2, 0.25) is 0 Å². The van der Waals surface area contributed by atoms with E-state index >= 15 is 0 Å². The lowest BCUT2D eigenvalue weighted by Crippen LogP contribution is -2.29. The third kappa shape index (κ3) is 4.83. The van der Waals surface area contributed by atoms with Gasteiger partial charge in [0.1, 0.15) is 23.4 Å². The van der Waals surface area contributed by atoms with Crippen molar-refractivity contribution in [3.8, 4) is 5.75 Å². The van der Waals surface area contributed by atoms with Crippen LogP contribution in [0.3, 0.4) is 0 Å². The maximum absolute atomic E-state index is 13.4. The van der Waals surface area contributed by atoms with Crippen molar-refractivity contribution < 1.29 is 23.8 Å². The van der Waals surface area contributed by atoms with Crippen molar-refractivity contribution in [2.75, 3.05) is 6.61 Å². The Morgan fingerprint density at radius 1 is 1.09 bits per heavy atom. The van der Waals surface area contributed by atoms with E-state index in [2.05, 4.69) is 4.98 Å². The number of pyridine rings is 1. The molecule has 1 fully saturated rings. The van der Waals surface area contributed by atoms with Gasteiger partial charge >= 0.3 is 0 Å². The lowest BCUT2D eigenvalue weighted by molar-refractivity contribution is -0.140. The zero-order chi connectivity index (χ0) is 24.2. The molecule has 0 radical (unpaired) electrons. The summed E-state index contributed by atoms with van der Waals surface area (Å²) in [5.41, 5.74) is 1.40. The van der Waals surface area contributed by atoms with Crippen LogP contribution >= 0.6 is 0 Å². The number of rotatable bonds is 7. The summed E-state index contributed by atoms with van der Waals surface area (Å²) in [6.45, 7) is 4.61. The van der Waals surface area contributed by atoms with Gasteiger partial charge in [0.15, 0.2) is 0 Å². The van der Waals surface area contributed by atoms with Gasteiger partial charge in [0.25, 0.3) is 11.7 Å². The number of Topliss-reactive ketones (excluding diaryl/α,β-unsaturated/α-hetero) is 1. The number of amides is 1. The second-order valence-corrected chi connectivity index (χ2v) is 8.54. The Bertz CT molecular complexity index is 1220. The first-order chi connectivity index (χ1) is 16.3. The minimum Gasteiger partial charge on any atom is -0.507 e. The number of nitrogens with zero attached hydrogens (tertiary/aromatic N) is 2. The topological polar surface area (TPSA) is 79.7 Å². The van der Waals surface area contributed by atoms with Crippen LogP contribution in [0.4, 0.5) is 4.39 Å². The number of ketones is 1. The average Bonchev–Trinajstić information content (AvgIpc) is 3.09. The molecule has 1 N–H and O–H groups in total. The molecular formula is C27H25FN2O4. The molecule has 0 bridgehead atoms. The number of carbonyl (C=O) groups is 2. The van der Waals surface area contributed by atoms with Crippen LogP contribution in [0.1, 0.15) is 36.7 Å². The molecule has 6 nitrogen and oxygen atoms in total. The van der Waals surface area contributed by atoms with Gasteiger partial charge in [-0.3, -0.25) is 14.6 Å². The molecule has 1 atom stereocenters. The minimum atomic E-state index is -0.897.